The zero-order chi connectivity index (χ0) is 11.4. The minimum atomic E-state index is -0.166. The monoisotopic (exact) mass is 227 g/mol. The predicted molar refractivity (Wildman–Crippen MR) is 64.9 cm³/mol. The third kappa shape index (κ3) is 3.50. The summed E-state index contributed by atoms with van der Waals surface area (Å²) in [6.07, 6.45) is 0. The molecule has 3 heteroatoms. The number of halogens is 1. The number of nitrogens with one attached hydrogen (secondary N) is 1. The Morgan fingerprint density at radius 3 is 2.47 bits per heavy atom. The van der Waals surface area contributed by atoms with Crippen LogP contribution in [0.5, 0.6) is 0 Å². The lowest BCUT2D eigenvalue weighted by Crippen LogP contribution is -2.13. The Bertz CT molecular complexity index is 325. The van der Waals surface area contributed by atoms with Crippen LogP contribution in [0.25, 0.3) is 0 Å². The molecule has 0 aliphatic heterocycles. The summed E-state index contributed by atoms with van der Waals surface area (Å²) >= 11 is 1.77. The highest BCUT2D eigenvalue weighted by Gasteiger charge is 2.11. The van der Waals surface area contributed by atoms with Gasteiger partial charge in [-0.1, -0.05) is 13.8 Å². The molecule has 0 radical (unpaired) electrons. The summed E-state index contributed by atoms with van der Waals surface area (Å²) in [6.45, 7) is 6.32. The molecule has 84 valence electrons. The molecule has 0 spiro atoms. The van der Waals surface area contributed by atoms with Gasteiger partial charge in [-0.25, -0.2) is 4.39 Å². The van der Waals surface area contributed by atoms with Crippen molar-refractivity contribution in [2.45, 2.75) is 37.0 Å². The zero-order valence-electron chi connectivity index (χ0n) is 9.67. The highest BCUT2D eigenvalue weighted by molar-refractivity contribution is 8.00. The van der Waals surface area contributed by atoms with Crippen molar-refractivity contribution >= 4 is 11.8 Å². The smallest absolute Gasteiger partial charge is 0.123 e. The van der Waals surface area contributed by atoms with Gasteiger partial charge in [-0.15, -0.1) is 11.8 Å². The summed E-state index contributed by atoms with van der Waals surface area (Å²) in [5, 5.41) is 3.65. The SMILES string of the molecule is CNC(C)c1cc(F)ccc1SC(C)C. The van der Waals surface area contributed by atoms with Crippen LogP contribution in [0.1, 0.15) is 32.4 Å². The van der Waals surface area contributed by atoms with Gasteiger partial charge in [0.2, 0.25) is 0 Å². The van der Waals surface area contributed by atoms with E-state index in [1.165, 1.54) is 6.07 Å². The van der Waals surface area contributed by atoms with Crippen LogP contribution in [0, 0.1) is 5.82 Å². The summed E-state index contributed by atoms with van der Waals surface area (Å²) < 4.78 is 13.1. The average molecular weight is 227 g/mol. The van der Waals surface area contributed by atoms with Crippen LogP contribution in [0.2, 0.25) is 0 Å². The molecule has 0 aliphatic rings. The van der Waals surface area contributed by atoms with Crippen LogP contribution in [0.15, 0.2) is 23.1 Å². The number of hydrogen-bond acceptors (Lipinski definition) is 2. The van der Waals surface area contributed by atoms with E-state index in [0.29, 0.717) is 5.25 Å². The Hall–Kier alpha value is -0.540. The quantitative estimate of drug-likeness (QED) is 0.789. The summed E-state index contributed by atoms with van der Waals surface area (Å²) in [7, 11) is 1.89. The second-order valence-corrected chi connectivity index (χ2v) is 5.48. The molecule has 1 rings (SSSR count). The Morgan fingerprint density at radius 1 is 1.27 bits per heavy atom. The molecule has 0 amide bonds. The molecular weight excluding hydrogens is 209 g/mol. The van der Waals surface area contributed by atoms with Gasteiger partial charge in [0.05, 0.1) is 0 Å². The van der Waals surface area contributed by atoms with E-state index >= 15 is 0 Å². The maximum Gasteiger partial charge on any atom is 0.123 e. The van der Waals surface area contributed by atoms with E-state index < -0.39 is 0 Å². The fourth-order valence-electron chi connectivity index (χ4n) is 1.37. The van der Waals surface area contributed by atoms with Gasteiger partial charge >= 0.3 is 0 Å². The van der Waals surface area contributed by atoms with Crippen LogP contribution in [-0.2, 0) is 0 Å². The van der Waals surface area contributed by atoms with Crippen molar-refractivity contribution in [3.8, 4) is 0 Å². The van der Waals surface area contributed by atoms with Gasteiger partial charge < -0.3 is 5.32 Å². The molecule has 1 aromatic carbocycles. The minimum Gasteiger partial charge on any atom is -0.313 e. The van der Waals surface area contributed by atoms with Crippen LogP contribution in [-0.4, -0.2) is 12.3 Å². The molecule has 0 heterocycles. The van der Waals surface area contributed by atoms with Gasteiger partial charge in [-0.2, -0.15) is 0 Å². The Kier molecular flexibility index (Phi) is 4.61. The van der Waals surface area contributed by atoms with Crippen molar-refractivity contribution in [2.75, 3.05) is 7.05 Å². The van der Waals surface area contributed by atoms with E-state index in [2.05, 4.69) is 19.2 Å². The first-order chi connectivity index (χ1) is 7.04. The third-order valence-corrected chi connectivity index (χ3v) is 3.33. The van der Waals surface area contributed by atoms with Crippen LogP contribution in [0.4, 0.5) is 4.39 Å². The summed E-state index contributed by atoms with van der Waals surface area (Å²) in [5.41, 5.74) is 1.04. The summed E-state index contributed by atoms with van der Waals surface area (Å²) in [5.74, 6) is -0.166. The lowest BCUT2D eigenvalue weighted by Gasteiger charge is -2.16. The molecule has 0 aromatic heterocycles. The Labute approximate surface area is 95.5 Å². The van der Waals surface area contributed by atoms with Crippen molar-refractivity contribution in [1.29, 1.82) is 0 Å². The van der Waals surface area contributed by atoms with Gasteiger partial charge in [0.25, 0.3) is 0 Å². The molecule has 0 saturated carbocycles. The number of benzene rings is 1. The molecule has 0 saturated heterocycles. The Balaban J connectivity index is 3.02. The lowest BCUT2D eigenvalue weighted by molar-refractivity contribution is 0.601. The zero-order valence-corrected chi connectivity index (χ0v) is 10.5. The fourth-order valence-corrected chi connectivity index (χ4v) is 2.40. The van der Waals surface area contributed by atoms with Crippen molar-refractivity contribution < 1.29 is 4.39 Å². The van der Waals surface area contributed by atoms with Crippen LogP contribution < -0.4 is 5.32 Å². The molecule has 15 heavy (non-hydrogen) atoms. The highest BCUT2D eigenvalue weighted by atomic mass is 32.2. The maximum atomic E-state index is 13.1. The molecule has 1 N–H and O–H groups in total. The first-order valence-corrected chi connectivity index (χ1v) is 6.06. The standard InChI is InChI=1S/C12H18FNS/c1-8(2)15-12-6-5-10(13)7-11(12)9(3)14-4/h5-9,14H,1-4H3. The molecule has 1 atom stereocenters. The van der Waals surface area contributed by atoms with Crippen molar-refractivity contribution in [3.05, 3.63) is 29.6 Å². The first kappa shape index (κ1) is 12.5. The molecule has 1 nitrogen and oxygen atoms in total. The van der Waals surface area contributed by atoms with Crippen LogP contribution in [0.3, 0.4) is 0 Å². The van der Waals surface area contributed by atoms with Crippen molar-refractivity contribution in [3.63, 3.8) is 0 Å². The van der Waals surface area contributed by atoms with E-state index in [4.69, 9.17) is 0 Å². The van der Waals surface area contributed by atoms with Crippen molar-refractivity contribution in [1.82, 2.24) is 5.32 Å². The average Bonchev–Trinajstić information content (AvgIpc) is 2.19. The topological polar surface area (TPSA) is 12.0 Å². The van der Waals surface area contributed by atoms with E-state index in [1.807, 2.05) is 20.0 Å². The fraction of sp³-hybridized carbons (Fsp3) is 0.500. The second kappa shape index (κ2) is 5.52. The van der Waals surface area contributed by atoms with Gasteiger partial charge in [-0.3, -0.25) is 0 Å². The molecular formula is C12H18FNS. The Morgan fingerprint density at radius 2 is 1.93 bits per heavy atom. The molecule has 1 aromatic rings. The van der Waals surface area contributed by atoms with Gasteiger partial charge in [0.1, 0.15) is 5.82 Å². The van der Waals surface area contributed by atoms with E-state index in [0.717, 1.165) is 10.5 Å². The number of thioether (sulfide) groups is 1. The molecule has 0 fully saturated rings. The van der Waals surface area contributed by atoms with Crippen molar-refractivity contribution in [2.24, 2.45) is 0 Å². The van der Waals surface area contributed by atoms with Gasteiger partial charge in [0, 0.05) is 16.2 Å². The lowest BCUT2D eigenvalue weighted by atomic mass is 10.1. The molecule has 0 bridgehead atoms. The van der Waals surface area contributed by atoms with Gasteiger partial charge in [0.15, 0.2) is 0 Å². The minimum absolute atomic E-state index is 0.166. The number of hydrogen-bond donors (Lipinski definition) is 1. The van der Waals surface area contributed by atoms with E-state index in [9.17, 15) is 4.39 Å². The predicted octanol–water partition coefficient (Wildman–Crippen LogP) is 3.61. The normalized spacial score (nSPS) is 13.2. The van der Waals surface area contributed by atoms with E-state index in [1.54, 1.807) is 17.8 Å². The largest absolute Gasteiger partial charge is 0.313 e. The summed E-state index contributed by atoms with van der Waals surface area (Å²) in [6, 6.07) is 5.19. The number of rotatable bonds is 4. The molecule has 1 unspecified atom stereocenters. The van der Waals surface area contributed by atoms with Gasteiger partial charge in [-0.05, 0) is 37.7 Å². The molecule has 0 aliphatic carbocycles. The highest BCUT2D eigenvalue weighted by Crippen LogP contribution is 2.30. The second-order valence-electron chi connectivity index (χ2n) is 3.86. The van der Waals surface area contributed by atoms with E-state index in [-0.39, 0.29) is 11.9 Å². The first-order valence-electron chi connectivity index (χ1n) is 5.18. The third-order valence-electron chi connectivity index (χ3n) is 2.23. The maximum absolute atomic E-state index is 13.1. The summed E-state index contributed by atoms with van der Waals surface area (Å²) in [4.78, 5) is 1.16. The van der Waals surface area contributed by atoms with Crippen LogP contribution >= 0.6 is 11.8 Å².